The molecule has 0 saturated carbocycles. The predicted octanol–water partition coefficient (Wildman–Crippen LogP) is 3.62. The number of nitrogens with zero attached hydrogens (tertiary/aromatic N) is 2. The minimum absolute atomic E-state index is 0.210. The van der Waals surface area contributed by atoms with Gasteiger partial charge < -0.3 is 5.32 Å². The van der Waals surface area contributed by atoms with Crippen molar-refractivity contribution in [2.75, 3.05) is 5.32 Å². The number of rotatable bonds is 4. The van der Waals surface area contributed by atoms with Crippen LogP contribution in [-0.2, 0) is 6.54 Å². The second-order valence-electron chi connectivity index (χ2n) is 4.48. The monoisotopic (exact) mass is 267 g/mol. The summed E-state index contributed by atoms with van der Waals surface area (Å²) in [4.78, 5) is 0. The summed E-state index contributed by atoms with van der Waals surface area (Å²) in [6, 6.07) is 16.4. The fourth-order valence-electron chi connectivity index (χ4n) is 2.00. The van der Waals surface area contributed by atoms with Gasteiger partial charge in [0.25, 0.3) is 0 Å². The van der Waals surface area contributed by atoms with Crippen LogP contribution in [0.15, 0.2) is 67.0 Å². The zero-order chi connectivity index (χ0) is 13.8. The number of aromatic nitrogens is 2. The second kappa shape index (κ2) is 5.57. The molecule has 0 aliphatic rings. The molecule has 0 bridgehead atoms. The molecule has 0 atom stereocenters. The zero-order valence-electron chi connectivity index (χ0n) is 10.8. The molecule has 0 saturated heterocycles. The van der Waals surface area contributed by atoms with Gasteiger partial charge in [0.15, 0.2) is 0 Å². The van der Waals surface area contributed by atoms with Gasteiger partial charge in [-0.2, -0.15) is 5.10 Å². The molecule has 3 nitrogen and oxygen atoms in total. The summed E-state index contributed by atoms with van der Waals surface area (Å²) < 4.78 is 14.9. The summed E-state index contributed by atoms with van der Waals surface area (Å²) >= 11 is 0. The number of anilines is 1. The van der Waals surface area contributed by atoms with E-state index < -0.39 is 0 Å². The summed E-state index contributed by atoms with van der Waals surface area (Å²) in [6.07, 6.45) is 3.64. The molecule has 1 aromatic heterocycles. The molecule has 0 aliphatic carbocycles. The Kier molecular flexibility index (Phi) is 3.46. The minimum Gasteiger partial charge on any atom is -0.381 e. The van der Waals surface area contributed by atoms with Crippen molar-refractivity contribution < 1.29 is 4.39 Å². The largest absolute Gasteiger partial charge is 0.381 e. The van der Waals surface area contributed by atoms with Gasteiger partial charge in [-0.25, -0.2) is 9.07 Å². The fraction of sp³-hybridized carbons (Fsp3) is 0.0625. The van der Waals surface area contributed by atoms with Gasteiger partial charge in [0.2, 0.25) is 0 Å². The third-order valence-electron chi connectivity index (χ3n) is 3.02. The maximum atomic E-state index is 13.1. The SMILES string of the molecule is Fc1cccc(CNc2ccc(-n3cccn3)cc2)c1. The molecule has 4 heteroatoms. The summed E-state index contributed by atoms with van der Waals surface area (Å²) in [7, 11) is 0. The fourth-order valence-corrected chi connectivity index (χ4v) is 2.00. The van der Waals surface area contributed by atoms with Gasteiger partial charge in [0.1, 0.15) is 5.82 Å². The normalized spacial score (nSPS) is 10.4. The summed E-state index contributed by atoms with van der Waals surface area (Å²) in [5.41, 5.74) is 2.91. The molecule has 0 aliphatic heterocycles. The van der Waals surface area contributed by atoms with Crippen LogP contribution in [0.2, 0.25) is 0 Å². The Labute approximate surface area is 116 Å². The second-order valence-corrected chi connectivity index (χ2v) is 4.48. The average Bonchev–Trinajstić information content (AvgIpc) is 3.00. The first-order valence-corrected chi connectivity index (χ1v) is 6.40. The van der Waals surface area contributed by atoms with Gasteiger partial charge >= 0.3 is 0 Å². The van der Waals surface area contributed by atoms with E-state index >= 15 is 0 Å². The van der Waals surface area contributed by atoms with Crippen LogP contribution in [0.1, 0.15) is 5.56 Å². The van der Waals surface area contributed by atoms with E-state index in [4.69, 9.17) is 0 Å². The highest BCUT2D eigenvalue weighted by atomic mass is 19.1. The lowest BCUT2D eigenvalue weighted by Crippen LogP contribution is -2.00. The first kappa shape index (κ1) is 12.4. The van der Waals surface area contributed by atoms with Crippen molar-refractivity contribution in [1.82, 2.24) is 9.78 Å². The molecule has 3 rings (SSSR count). The lowest BCUT2D eigenvalue weighted by molar-refractivity contribution is 0.626. The molecule has 0 spiro atoms. The van der Waals surface area contributed by atoms with Crippen LogP contribution >= 0.6 is 0 Å². The van der Waals surface area contributed by atoms with E-state index in [1.807, 2.05) is 42.6 Å². The highest BCUT2D eigenvalue weighted by Crippen LogP contribution is 2.14. The molecule has 20 heavy (non-hydrogen) atoms. The smallest absolute Gasteiger partial charge is 0.123 e. The quantitative estimate of drug-likeness (QED) is 0.782. The van der Waals surface area contributed by atoms with Crippen LogP contribution in [0.5, 0.6) is 0 Å². The van der Waals surface area contributed by atoms with Gasteiger partial charge in [-0.3, -0.25) is 0 Å². The highest BCUT2D eigenvalue weighted by Gasteiger charge is 1.98. The van der Waals surface area contributed by atoms with Crippen LogP contribution < -0.4 is 5.32 Å². The van der Waals surface area contributed by atoms with Crippen LogP contribution in [0.3, 0.4) is 0 Å². The molecule has 0 unspecified atom stereocenters. The van der Waals surface area contributed by atoms with E-state index in [0.717, 1.165) is 16.9 Å². The number of benzene rings is 2. The lowest BCUT2D eigenvalue weighted by Gasteiger charge is -2.08. The topological polar surface area (TPSA) is 29.9 Å². The van der Waals surface area contributed by atoms with E-state index in [1.165, 1.54) is 12.1 Å². The minimum atomic E-state index is -0.210. The Morgan fingerprint density at radius 3 is 2.60 bits per heavy atom. The zero-order valence-corrected chi connectivity index (χ0v) is 10.8. The van der Waals surface area contributed by atoms with E-state index in [1.54, 1.807) is 16.9 Å². The summed E-state index contributed by atoms with van der Waals surface area (Å²) in [5.74, 6) is -0.210. The van der Waals surface area contributed by atoms with Gasteiger partial charge in [0, 0.05) is 24.6 Å². The summed E-state index contributed by atoms with van der Waals surface area (Å²) in [6.45, 7) is 0.596. The first-order valence-electron chi connectivity index (χ1n) is 6.40. The van der Waals surface area contributed by atoms with Crippen molar-refractivity contribution in [3.8, 4) is 5.69 Å². The molecule has 0 amide bonds. The Bertz CT molecular complexity index is 675. The highest BCUT2D eigenvalue weighted by molar-refractivity contribution is 5.48. The third kappa shape index (κ3) is 2.85. The van der Waals surface area contributed by atoms with Crippen LogP contribution in [0.25, 0.3) is 5.69 Å². The molecule has 2 aromatic carbocycles. The predicted molar refractivity (Wildman–Crippen MR) is 77.3 cm³/mol. The van der Waals surface area contributed by atoms with Crippen molar-refractivity contribution in [2.45, 2.75) is 6.54 Å². The molecule has 1 N–H and O–H groups in total. The van der Waals surface area contributed by atoms with Crippen molar-refractivity contribution in [3.63, 3.8) is 0 Å². The molecule has 0 radical (unpaired) electrons. The van der Waals surface area contributed by atoms with E-state index in [0.29, 0.717) is 6.54 Å². The van der Waals surface area contributed by atoms with Crippen molar-refractivity contribution >= 4 is 5.69 Å². The molecule has 0 fully saturated rings. The average molecular weight is 267 g/mol. The van der Waals surface area contributed by atoms with Gasteiger partial charge in [0.05, 0.1) is 5.69 Å². The molecular weight excluding hydrogens is 253 g/mol. The number of hydrogen-bond acceptors (Lipinski definition) is 2. The van der Waals surface area contributed by atoms with E-state index in [2.05, 4.69) is 10.4 Å². The van der Waals surface area contributed by atoms with Crippen LogP contribution in [0.4, 0.5) is 10.1 Å². The molecular formula is C16H14FN3. The van der Waals surface area contributed by atoms with Crippen molar-refractivity contribution in [1.29, 1.82) is 0 Å². The molecule has 1 heterocycles. The van der Waals surface area contributed by atoms with E-state index in [-0.39, 0.29) is 5.82 Å². The van der Waals surface area contributed by atoms with Gasteiger partial charge in [-0.05, 0) is 48.0 Å². The third-order valence-corrected chi connectivity index (χ3v) is 3.02. The first-order chi connectivity index (χ1) is 9.81. The number of hydrogen-bond donors (Lipinski definition) is 1. The van der Waals surface area contributed by atoms with Crippen molar-refractivity contribution in [2.24, 2.45) is 0 Å². The Hall–Kier alpha value is -2.62. The number of nitrogens with one attached hydrogen (secondary N) is 1. The lowest BCUT2D eigenvalue weighted by atomic mass is 10.2. The van der Waals surface area contributed by atoms with Crippen LogP contribution in [0, 0.1) is 5.82 Å². The van der Waals surface area contributed by atoms with Crippen LogP contribution in [-0.4, -0.2) is 9.78 Å². The van der Waals surface area contributed by atoms with Crippen molar-refractivity contribution in [3.05, 3.63) is 78.4 Å². The van der Waals surface area contributed by atoms with Gasteiger partial charge in [-0.1, -0.05) is 12.1 Å². The van der Waals surface area contributed by atoms with Gasteiger partial charge in [-0.15, -0.1) is 0 Å². The van der Waals surface area contributed by atoms with E-state index in [9.17, 15) is 4.39 Å². The Morgan fingerprint density at radius 1 is 1.05 bits per heavy atom. The maximum Gasteiger partial charge on any atom is 0.123 e. The number of halogens is 1. The Balaban J connectivity index is 1.67. The maximum absolute atomic E-state index is 13.1. The standard InChI is InChI=1S/C16H14FN3/c17-14-4-1-3-13(11-14)12-18-15-5-7-16(8-6-15)20-10-2-9-19-20/h1-11,18H,12H2. The Morgan fingerprint density at radius 2 is 1.90 bits per heavy atom. The summed E-state index contributed by atoms with van der Waals surface area (Å²) in [5, 5.41) is 7.44. The molecule has 100 valence electrons. The molecule has 3 aromatic rings.